The van der Waals surface area contributed by atoms with Gasteiger partial charge < -0.3 is 5.73 Å². The van der Waals surface area contributed by atoms with Crippen molar-refractivity contribution in [2.24, 2.45) is 0 Å². The van der Waals surface area contributed by atoms with Crippen molar-refractivity contribution in [3.63, 3.8) is 0 Å². The summed E-state index contributed by atoms with van der Waals surface area (Å²) in [5, 5.41) is 0.949. The van der Waals surface area contributed by atoms with Crippen molar-refractivity contribution in [1.82, 2.24) is 39.1 Å². The number of anilines is 1. The highest BCUT2D eigenvalue weighted by Gasteiger charge is 2.23. The third kappa shape index (κ3) is 5.75. The van der Waals surface area contributed by atoms with Crippen molar-refractivity contribution in [1.29, 1.82) is 0 Å². The van der Waals surface area contributed by atoms with E-state index in [9.17, 15) is 12.8 Å². The second kappa shape index (κ2) is 11.4. The molecule has 6 rings (SSSR count). The number of hydrogen-bond donors (Lipinski definition) is 2. The average molecular weight is 586 g/mol. The van der Waals surface area contributed by atoms with Gasteiger partial charge in [-0.3, -0.25) is 14.5 Å². The van der Waals surface area contributed by atoms with Gasteiger partial charge in [-0.15, -0.1) is 0 Å². The van der Waals surface area contributed by atoms with Crippen molar-refractivity contribution in [3.05, 3.63) is 90.5 Å². The van der Waals surface area contributed by atoms with Gasteiger partial charge in [-0.2, -0.15) is 0 Å². The van der Waals surface area contributed by atoms with E-state index in [4.69, 9.17) is 15.7 Å². The van der Waals surface area contributed by atoms with Crippen LogP contribution in [-0.4, -0.2) is 61.9 Å². The summed E-state index contributed by atoms with van der Waals surface area (Å²) in [6.45, 7) is 5.64. The zero-order valence-corrected chi connectivity index (χ0v) is 23.4. The summed E-state index contributed by atoms with van der Waals surface area (Å²) in [6, 6.07) is 14.5. The third-order valence-electron chi connectivity index (χ3n) is 7.18. The maximum atomic E-state index is 13.5. The molecule has 42 heavy (non-hydrogen) atoms. The first kappa shape index (κ1) is 27.6. The van der Waals surface area contributed by atoms with Crippen molar-refractivity contribution in [3.8, 4) is 28.5 Å². The summed E-state index contributed by atoms with van der Waals surface area (Å²) >= 11 is 0. The summed E-state index contributed by atoms with van der Waals surface area (Å²) < 4.78 is 41.6. The minimum absolute atomic E-state index is 0.0874. The highest BCUT2D eigenvalue weighted by Crippen LogP contribution is 2.31. The first-order valence-corrected chi connectivity index (χ1v) is 14.9. The second-order valence-corrected chi connectivity index (χ2v) is 11.7. The number of rotatable bonds is 8. The molecule has 3 N–H and O–H groups in total. The van der Waals surface area contributed by atoms with Crippen molar-refractivity contribution in [2.75, 3.05) is 18.8 Å². The number of imidazole rings is 1. The number of benzene rings is 1. The largest absolute Gasteiger partial charge is 0.383 e. The number of aromatic nitrogens is 6. The lowest BCUT2D eigenvalue weighted by molar-refractivity contribution is 0.200. The van der Waals surface area contributed by atoms with Gasteiger partial charge >= 0.3 is 0 Å². The molecule has 11 nitrogen and oxygen atoms in total. The van der Waals surface area contributed by atoms with Gasteiger partial charge in [-0.25, -0.2) is 37.5 Å². The molecule has 214 valence electrons. The minimum atomic E-state index is -3.44. The lowest BCUT2D eigenvalue weighted by Gasteiger charge is -2.32. The number of halogens is 1. The van der Waals surface area contributed by atoms with Crippen LogP contribution in [0.3, 0.4) is 0 Å². The van der Waals surface area contributed by atoms with Crippen LogP contribution in [0.4, 0.5) is 10.2 Å². The highest BCUT2D eigenvalue weighted by molar-refractivity contribution is 7.92. The van der Waals surface area contributed by atoms with Gasteiger partial charge in [0.05, 0.1) is 23.7 Å². The Morgan fingerprint density at radius 2 is 1.79 bits per heavy atom. The molecule has 1 fully saturated rings. The molecule has 1 aliphatic heterocycles. The predicted molar refractivity (Wildman–Crippen MR) is 158 cm³/mol. The van der Waals surface area contributed by atoms with Crippen LogP contribution in [-0.2, 0) is 16.6 Å². The van der Waals surface area contributed by atoms with E-state index in [1.807, 2.05) is 34.9 Å². The maximum absolute atomic E-state index is 13.5. The molecule has 0 saturated carbocycles. The molecule has 13 heteroatoms. The molecule has 5 aromatic rings. The molecule has 4 aromatic heterocycles. The molecule has 1 saturated heterocycles. The monoisotopic (exact) mass is 585 g/mol. The van der Waals surface area contributed by atoms with Gasteiger partial charge in [-0.05, 0) is 54.8 Å². The number of pyridine rings is 2. The molecule has 0 aliphatic carbocycles. The van der Waals surface area contributed by atoms with Gasteiger partial charge in [0.25, 0.3) is 0 Å². The number of piperidine rings is 1. The number of nitrogens with zero attached hydrogens (tertiary/aromatic N) is 7. The first-order valence-electron chi connectivity index (χ1n) is 13.3. The Labute approximate surface area is 242 Å². The lowest BCUT2D eigenvalue weighted by Crippen LogP contribution is -2.43. The van der Waals surface area contributed by atoms with Crippen LogP contribution >= 0.6 is 0 Å². The van der Waals surface area contributed by atoms with E-state index in [0.717, 1.165) is 55.3 Å². The first-order chi connectivity index (χ1) is 20.3. The van der Waals surface area contributed by atoms with Crippen LogP contribution in [0.25, 0.3) is 39.8 Å². The SMILES string of the molecule is C=CS(=O)(=O)NC1CCN(Cc2ccc(-n3c(-c4cccnc4N)nc4ncc(-c5ccc(F)cn5)nc43)cc2)CC1. The molecule has 0 amide bonds. The highest BCUT2D eigenvalue weighted by atomic mass is 32.2. The fourth-order valence-electron chi connectivity index (χ4n) is 5.03. The number of likely N-dealkylation sites (tertiary alicyclic amines) is 1. The Morgan fingerprint density at radius 1 is 1.00 bits per heavy atom. The number of hydrogen-bond acceptors (Lipinski definition) is 9. The Bertz CT molecular complexity index is 1850. The van der Waals surface area contributed by atoms with Gasteiger partial charge in [-0.1, -0.05) is 18.7 Å². The Balaban J connectivity index is 1.30. The molecule has 5 heterocycles. The smallest absolute Gasteiger partial charge is 0.233 e. The molecular weight excluding hydrogens is 557 g/mol. The molecule has 0 atom stereocenters. The topological polar surface area (TPSA) is 145 Å². The Morgan fingerprint density at radius 3 is 2.48 bits per heavy atom. The number of nitrogen functional groups attached to an aromatic ring is 1. The number of nitrogens with one attached hydrogen (secondary N) is 1. The molecule has 0 radical (unpaired) electrons. The molecule has 1 aromatic carbocycles. The van der Waals surface area contributed by atoms with E-state index >= 15 is 0 Å². The van der Waals surface area contributed by atoms with Crippen LogP contribution in [0.15, 0.2) is 79.1 Å². The Kier molecular flexibility index (Phi) is 7.45. The van der Waals surface area contributed by atoms with Crippen LogP contribution in [0.2, 0.25) is 0 Å². The number of sulfonamides is 1. The van der Waals surface area contributed by atoms with Gasteiger partial charge in [0.2, 0.25) is 10.0 Å². The summed E-state index contributed by atoms with van der Waals surface area (Å²) in [7, 11) is -3.44. The summed E-state index contributed by atoms with van der Waals surface area (Å²) in [5.74, 6) is 0.426. The van der Waals surface area contributed by atoms with E-state index < -0.39 is 15.8 Å². The molecule has 0 spiro atoms. The van der Waals surface area contributed by atoms with Gasteiger partial charge in [0.1, 0.15) is 17.3 Å². The van der Waals surface area contributed by atoms with E-state index in [2.05, 4.69) is 31.2 Å². The van der Waals surface area contributed by atoms with Gasteiger partial charge in [0.15, 0.2) is 17.1 Å². The van der Waals surface area contributed by atoms with E-state index in [1.54, 1.807) is 24.5 Å². The molecule has 0 bridgehead atoms. The Hall–Kier alpha value is -4.59. The lowest BCUT2D eigenvalue weighted by atomic mass is 10.1. The fraction of sp³-hybridized carbons (Fsp3) is 0.207. The van der Waals surface area contributed by atoms with E-state index in [-0.39, 0.29) is 6.04 Å². The van der Waals surface area contributed by atoms with Crippen molar-refractivity contribution in [2.45, 2.75) is 25.4 Å². The average Bonchev–Trinajstić information content (AvgIpc) is 3.37. The molecular formula is C29H28FN9O2S. The molecule has 1 aliphatic rings. The van der Waals surface area contributed by atoms with Crippen LogP contribution in [0.5, 0.6) is 0 Å². The van der Waals surface area contributed by atoms with E-state index in [1.165, 1.54) is 6.07 Å². The standard InChI is InChI=1S/C29H28FN9O2S/c1-2-42(40,41)37-21-11-14-38(15-12-21)18-19-5-8-22(9-6-19)39-28(23-4-3-13-32-26(23)31)36-27-29(39)35-25(17-34-27)24-10-7-20(30)16-33-24/h2-10,13,16-17,21,37H,1,11-12,14-15,18H2,(H2,31,32). The van der Waals surface area contributed by atoms with Crippen LogP contribution in [0, 0.1) is 5.82 Å². The summed E-state index contributed by atoms with van der Waals surface area (Å²) in [5.41, 5.74) is 10.7. The fourth-order valence-corrected chi connectivity index (χ4v) is 5.83. The predicted octanol–water partition coefficient (Wildman–Crippen LogP) is 3.69. The summed E-state index contributed by atoms with van der Waals surface area (Å²) in [6.07, 6.45) is 5.77. The number of fused-ring (bicyclic) bond motifs is 1. The maximum Gasteiger partial charge on any atom is 0.233 e. The van der Waals surface area contributed by atoms with Crippen molar-refractivity contribution < 1.29 is 12.8 Å². The quantitative estimate of drug-likeness (QED) is 0.278. The van der Waals surface area contributed by atoms with Crippen molar-refractivity contribution >= 4 is 27.1 Å². The van der Waals surface area contributed by atoms with Crippen LogP contribution < -0.4 is 10.5 Å². The van der Waals surface area contributed by atoms with E-state index in [0.29, 0.717) is 39.9 Å². The minimum Gasteiger partial charge on any atom is -0.383 e. The number of nitrogens with two attached hydrogens (primary N) is 1. The zero-order chi connectivity index (χ0) is 29.3. The van der Waals surface area contributed by atoms with Gasteiger partial charge in [0, 0.05) is 43.0 Å². The third-order valence-corrected chi connectivity index (χ3v) is 8.28. The van der Waals surface area contributed by atoms with Crippen LogP contribution in [0.1, 0.15) is 18.4 Å². The second-order valence-electron chi connectivity index (χ2n) is 10.0. The normalized spacial score (nSPS) is 14.8. The molecule has 0 unspecified atom stereocenters. The summed E-state index contributed by atoms with van der Waals surface area (Å²) in [4.78, 5) is 24.8. The zero-order valence-electron chi connectivity index (χ0n) is 22.6.